The van der Waals surface area contributed by atoms with Crippen LogP contribution in [0.4, 0.5) is 5.69 Å². The predicted octanol–water partition coefficient (Wildman–Crippen LogP) is 4.23. The number of rotatable bonds is 4. The van der Waals surface area contributed by atoms with Crippen LogP contribution in [0.2, 0.25) is 0 Å². The highest BCUT2D eigenvalue weighted by molar-refractivity contribution is 7.09. The molecule has 1 N–H and O–H groups in total. The number of carbonyl (C=O) groups excluding carboxylic acids is 1. The molecule has 132 valence electrons. The van der Waals surface area contributed by atoms with Crippen LogP contribution in [-0.2, 0) is 6.61 Å². The molecule has 26 heavy (non-hydrogen) atoms. The highest BCUT2D eigenvalue weighted by Gasteiger charge is 2.29. The summed E-state index contributed by atoms with van der Waals surface area (Å²) in [6.45, 7) is 2.44. The molecule has 1 aliphatic heterocycles. The SMILES string of the molecule is Cc1nc(COc2ccc([C@H]3Nc4ccccc4C(=O)N3C)cc2)cs1. The maximum absolute atomic E-state index is 12.6. The van der Waals surface area contributed by atoms with Crippen LogP contribution < -0.4 is 10.1 Å². The maximum Gasteiger partial charge on any atom is 0.257 e. The quantitative estimate of drug-likeness (QED) is 0.752. The minimum Gasteiger partial charge on any atom is -0.487 e. The Morgan fingerprint density at radius 2 is 1.96 bits per heavy atom. The first kappa shape index (κ1) is 16.6. The summed E-state index contributed by atoms with van der Waals surface area (Å²) < 4.78 is 5.80. The molecule has 4 rings (SSSR count). The average Bonchev–Trinajstić information content (AvgIpc) is 3.09. The van der Waals surface area contributed by atoms with E-state index in [1.807, 2.05) is 67.9 Å². The van der Waals surface area contributed by atoms with Gasteiger partial charge >= 0.3 is 0 Å². The minimum absolute atomic E-state index is 0.0172. The highest BCUT2D eigenvalue weighted by atomic mass is 32.1. The van der Waals surface area contributed by atoms with Gasteiger partial charge in [0.15, 0.2) is 0 Å². The molecule has 0 bridgehead atoms. The summed E-state index contributed by atoms with van der Waals surface area (Å²) in [6, 6.07) is 15.4. The molecular formula is C20H19N3O2S. The zero-order valence-electron chi connectivity index (χ0n) is 14.6. The van der Waals surface area contributed by atoms with Crippen LogP contribution in [0, 0.1) is 6.92 Å². The lowest BCUT2D eigenvalue weighted by atomic mass is 10.0. The number of nitrogens with zero attached hydrogens (tertiary/aromatic N) is 2. The Kier molecular flexibility index (Phi) is 4.34. The summed E-state index contributed by atoms with van der Waals surface area (Å²) in [6.07, 6.45) is -0.201. The Balaban J connectivity index is 1.49. The number of hydrogen-bond acceptors (Lipinski definition) is 5. The number of ether oxygens (including phenoxy) is 1. The molecule has 2 heterocycles. The molecule has 1 amide bonds. The van der Waals surface area contributed by atoms with Crippen molar-refractivity contribution in [2.24, 2.45) is 0 Å². The number of para-hydroxylation sites is 1. The molecule has 3 aromatic rings. The number of amides is 1. The van der Waals surface area contributed by atoms with Gasteiger partial charge in [-0.15, -0.1) is 11.3 Å². The molecule has 1 atom stereocenters. The Bertz CT molecular complexity index is 936. The van der Waals surface area contributed by atoms with Gasteiger partial charge in [-0.2, -0.15) is 0 Å². The normalized spacial score (nSPS) is 16.2. The molecule has 0 saturated heterocycles. The third-order valence-corrected chi connectivity index (χ3v) is 5.23. The molecule has 0 fully saturated rings. The number of nitrogens with one attached hydrogen (secondary N) is 1. The third kappa shape index (κ3) is 3.15. The first-order valence-electron chi connectivity index (χ1n) is 8.38. The topological polar surface area (TPSA) is 54.5 Å². The lowest BCUT2D eigenvalue weighted by molar-refractivity contribution is 0.0735. The van der Waals surface area contributed by atoms with Crippen molar-refractivity contribution in [2.45, 2.75) is 19.7 Å². The van der Waals surface area contributed by atoms with Gasteiger partial charge in [0.1, 0.15) is 18.5 Å². The second-order valence-electron chi connectivity index (χ2n) is 6.22. The van der Waals surface area contributed by atoms with E-state index >= 15 is 0 Å². The first-order valence-corrected chi connectivity index (χ1v) is 9.26. The van der Waals surface area contributed by atoms with E-state index < -0.39 is 0 Å². The Morgan fingerprint density at radius 3 is 2.69 bits per heavy atom. The number of aryl methyl sites for hydroxylation is 1. The number of anilines is 1. The smallest absolute Gasteiger partial charge is 0.257 e. The van der Waals surface area contributed by atoms with Crippen LogP contribution in [-0.4, -0.2) is 22.8 Å². The van der Waals surface area contributed by atoms with Gasteiger partial charge in [0.25, 0.3) is 5.91 Å². The van der Waals surface area contributed by atoms with Gasteiger partial charge in [0, 0.05) is 18.1 Å². The van der Waals surface area contributed by atoms with E-state index in [0.29, 0.717) is 12.2 Å². The van der Waals surface area contributed by atoms with E-state index in [9.17, 15) is 4.79 Å². The number of benzene rings is 2. The maximum atomic E-state index is 12.6. The predicted molar refractivity (Wildman–Crippen MR) is 103 cm³/mol. The minimum atomic E-state index is -0.201. The molecular weight excluding hydrogens is 346 g/mol. The number of aromatic nitrogens is 1. The standard InChI is InChI=1S/C20H19N3O2S/c1-13-21-15(12-26-13)11-25-16-9-7-14(8-10-16)19-22-18-6-4-3-5-17(18)20(24)23(19)2/h3-10,12,19,22H,11H2,1-2H3/t19-/m0/s1. The molecule has 2 aromatic carbocycles. The molecule has 6 heteroatoms. The van der Waals surface area contributed by atoms with Gasteiger partial charge < -0.3 is 15.0 Å². The lowest BCUT2D eigenvalue weighted by Gasteiger charge is -2.35. The molecule has 0 aliphatic carbocycles. The van der Waals surface area contributed by atoms with E-state index in [1.165, 1.54) is 0 Å². The molecule has 0 radical (unpaired) electrons. The largest absolute Gasteiger partial charge is 0.487 e. The van der Waals surface area contributed by atoms with Crippen LogP contribution in [0.5, 0.6) is 5.75 Å². The molecule has 0 unspecified atom stereocenters. The van der Waals surface area contributed by atoms with Gasteiger partial charge in [0.2, 0.25) is 0 Å². The van der Waals surface area contributed by atoms with Crippen molar-refractivity contribution in [1.29, 1.82) is 0 Å². The van der Waals surface area contributed by atoms with Crippen LogP contribution in [0.25, 0.3) is 0 Å². The van der Waals surface area contributed by atoms with Gasteiger partial charge in [0.05, 0.1) is 16.3 Å². The monoisotopic (exact) mass is 365 g/mol. The van der Waals surface area contributed by atoms with Crippen LogP contribution in [0.3, 0.4) is 0 Å². The van der Waals surface area contributed by atoms with Crippen molar-refractivity contribution in [3.05, 3.63) is 75.7 Å². The van der Waals surface area contributed by atoms with Crippen molar-refractivity contribution in [3.8, 4) is 5.75 Å². The Morgan fingerprint density at radius 1 is 1.19 bits per heavy atom. The second kappa shape index (κ2) is 6.80. The van der Waals surface area contributed by atoms with Crippen LogP contribution in [0.1, 0.15) is 32.8 Å². The Labute approximate surface area is 156 Å². The van der Waals surface area contributed by atoms with E-state index in [0.717, 1.165) is 27.7 Å². The second-order valence-corrected chi connectivity index (χ2v) is 7.29. The summed E-state index contributed by atoms with van der Waals surface area (Å²) in [4.78, 5) is 18.7. The molecule has 1 aliphatic rings. The average molecular weight is 365 g/mol. The van der Waals surface area contributed by atoms with Crippen LogP contribution in [0.15, 0.2) is 53.9 Å². The van der Waals surface area contributed by atoms with Crippen molar-refractivity contribution in [3.63, 3.8) is 0 Å². The van der Waals surface area contributed by atoms with Gasteiger partial charge in [-0.1, -0.05) is 24.3 Å². The summed E-state index contributed by atoms with van der Waals surface area (Å²) in [5.41, 5.74) is 3.50. The summed E-state index contributed by atoms with van der Waals surface area (Å²) in [5.74, 6) is 0.799. The third-order valence-electron chi connectivity index (χ3n) is 4.41. The molecule has 0 saturated carbocycles. The van der Waals surface area contributed by atoms with E-state index in [4.69, 9.17) is 4.74 Å². The van der Waals surface area contributed by atoms with Crippen molar-refractivity contribution >= 4 is 22.9 Å². The van der Waals surface area contributed by atoms with Crippen molar-refractivity contribution in [2.75, 3.05) is 12.4 Å². The lowest BCUT2D eigenvalue weighted by Crippen LogP contribution is -2.40. The van der Waals surface area contributed by atoms with Crippen LogP contribution >= 0.6 is 11.3 Å². The fraction of sp³-hybridized carbons (Fsp3) is 0.200. The fourth-order valence-electron chi connectivity index (χ4n) is 3.03. The summed E-state index contributed by atoms with van der Waals surface area (Å²) in [5, 5.41) is 6.47. The summed E-state index contributed by atoms with van der Waals surface area (Å²) >= 11 is 1.62. The zero-order valence-corrected chi connectivity index (χ0v) is 15.4. The highest BCUT2D eigenvalue weighted by Crippen LogP contribution is 2.32. The number of carbonyl (C=O) groups is 1. The molecule has 0 spiro atoms. The molecule has 5 nitrogen and oxygen atoms in total. The van der Waals surface area contributed by atoms with Crippen molar-refractivity contribution < 1.29 is 9.53 Å². The van der Waals surface area contributed by atoms with Crippen molar-refractivity contribution in [1.82, 2.24) is 9.88 Å². The molecule has 1 aromatic heterocycles. The van der Waals surface area contributed by atoms with E-state index in [-0.39, 0.29) is 12.1 Å². The van der Waals surface area contributed by atoms with E-state index in [1.54, 1.807) is 16.2 Å². The number of fused-ring (bicyclic) bond motifs is 1. The van der Waals surface area contributed by atoms with Gasteiger partial charge in [-0.3, -0.25) is 4.79 Å². The zero-order chi connectivity index (χ0) is 18.1. The Hall–Kier alpha value is -2.86. The van der Waals surface area contributed by atoms with Gasteiger partial charge in [-0.25, -0.2) is 4.98 Å². The van der Waals surface area contributed by atoms with Gasteiger partial charge in [-0.05, 0) is 36.8 Å². The van der Waals surface area contributed by atoms with E-state index in [2.05, 4.69) is 10.3 Å². The number of hydrogen-bond donors (Lipinski definition) is 1. The fourth-order valence-corrected chi connectivity index (χ4v) is 3.63. The number of thiazole rings is 1. The first-order chi connectivity index (χ1) is 12.6. The summed E-state index contributed by atoms with van der Waals surface area (Å²) in [7, 11) is 1.81.